The van der Waals surface area contributed by atoms with Crippen LogP contribution in [0.3, 0.4) is 0 Å². The molecule has 0 aliphatic carbocycles. The highest BCUT2D eigenvalue weighted by atomic mass is 79.9. The van der Waals surface area contributed by atoms with E-state index in [0.717, 1.165) is 0 Å². The third kappa shape index (κ3) is 2.67. The second-order valence-corrected chi connectivity index (χ2v) is 4.81. The van der Waals surface area contributed by atoms with Gasteiger partial charge in [-0.1, -0.05) is 0 Å². The van der Waals surface area contributed by atoms with Crippen molar-refractivity contribution in [2.24, 2.45) is 5.73 Å². The summed E-state index contributed by atoms with van der Waals surface area (Å²) in [4.78, 5) is 0. The van der Waals surface area contributed by atoms with Crippen molar-refractivity contribution in [3.8, 4) is 11.5 Å². The van der Waals surface area contributed by atoms with Gasteiger partial charge in [0.25, 0.3) is 0 Å². The van der Waals surface area contributed by atoms with Gasteiger partial charge in [-0.25, -0.2) is 0 Å². The second kappa shape index (κ2) is 5.84. The Morgan fingerprint density at radius 2 is 2.12 bits per heavy atom. The maximum absolute atomic E-state index is 12.2. The zero-order chi connectivity index (χ0) is 12.3. The maximum atomic E-state index is 12.2. The van der Waals surface area contributed by atoms with Crippen LogP contribution in [0.4, 0.5) is 4.39 Å². The van der Waals surface area contributed by atoms with E-state index in [1.54, 1.807) is 6.07 Å². The summed E-state index contributed by atoms with van der Waals surface area (Å²) in [6.45, 7) is -0.492. The minimum absolute atomic E-state index is 0.00873. The number of halogens is 3. The van der Waals surface area contributed by atoms with Crippen molar-refractivity contribution in [3.05, 3.63) is 20.6 Å². The molecule has 0 saturated heterocycles. The first kappa shape index (κ1) is 13.7. The van der Waals surface area contributed by atoms with Crippen LogP contribution in [0.1, 0.15) is 18.0 Å². The number of alkyl halides is 1. The number of methoxy groups -OCH3 is 1. The number of hydrogen-bond donors (Lipinski definition) is 2. The van der Waals surface area contributed by atoms with E-state index in [1.807, 2.05) is 0 Å². The SMILES string of the molecule is COc1cc([C@@H](N)CCF)c(Br)c(Br)c1O. The van der Waals surface area contributed by atoms with Crippen LogP contribution >= 0.6 is 31.9 Å². The average molecular weight is 357 g/mol. The van der Waals surface area contributed by atoms with Gasteiger partial charge in [0.05, 0.1) is 18.3 Å². The quantitative estimate of drug-likeness (QED) is 0.870. The molecule has 0 radical (unpaired) electrons. The minimum atomic E-state index is -0.492. The Bertz CT molecular complexity index is 388. The van der Waals surface area contributed by atoms with Crippen LogP contribution in [0.15, 0.2) is 15.0 Å². The molecule has 0 aromatic heterocycles. The number of phenols is 1. The summed E-state index contributed by atoms with van der Waals surface area (Å²) in [5.41, 5.74) is 6.51. The van der Waals surface area contributed by atoms with Crippen molar-refractivity contribution in [2.75, 3.05) is 13.8 Å². The standard InChI is InChI=1S/C10H12Br2FNO2/c1-16-7-4-5(6(14)2-3-13)8(11)9(12)10(7)15/h4,6,15H,2-3,14H2,1H3/t6-/m0/s1. The summed E-state index contributed by atoms with van der Waals surface area (Å²) in [5.74, 6) is 0.296. The molecule has 0 fully saturated rings. The zero-order valence-electron chi connectivity index (χ0n) is 8.64. The van der Waals surface area contributed by atoms with Gasteiger partial charge in [0.1, 0.15) is 0 Å². The van der Waals surface area contributed by atoms with Crippen molar-refractivity contribution in [2.45, 2.75) is 12.5 Å². The molecule has 0 bridgehead atoms. The van der Waals surface area contributed by atoms with E-state index in [2.05, 4.69) is 31.9 Å². The number of nitrogens with two attached hydrogens (primary N) is 1. The smallest absolute Gasteiger partial charge is 0.173 e. The molecular weight excluding hydrogens is 345 g/mol. The predicted molar refractivity (Wildman–Crippen MR) is 67.6 cm³/mol. The van der Waals surface area contributed by atoms with Gasteiger partial charge < -0.3 is 15.6 Å². The normalized spacial score (nSPS) is 12.6. The first-order chi connectivity index (χ1) is 7.52. The highest BCUT2D eigenvalue weighted by Gasteiger charge is 2.18. The van der Waals surface area contributed by atoms with Crippen LogP contribution in [0, 0.1) is 0 Å². The lowest BCUT2D eigenvalue weighted by molar-refractivity contribution is 0.369. The number of hydrogen-bond acceptors (Lipinski definition) is 3. The second-order valence-electron chi connectivity index (χ2n) is 3.23. The Morgan fingerprint density at radius 1 is 1.50 bits per heavy atom. The Balaban J connectivity index is 3.24. The van der Waals surface area contributed by atoms with E-state index in [1.165, 1.54) is 7.11 Å². The lowest BCUT2D eigenvalue weighted by Gasteiger charge is -2.16. The molecule has 0 aliphatic heterocycles. The summed E-state index contributed by atoms with van der Waals surface area (Å²) in [5, 5.41) is 9.70. The first-order valence-corrected chi connectivity index (χ1v) is 6.17. The largest absolute Gasteiger partial charge is 0.503 e. The molecule has 3 N–H and O–H groups in total. The maximum Gasteiger partial charge on any atom is 0.173 e. The molecule has 1 aromatic rings. The highest BCUT2D eigenvalue weighted by Crippen LogP contribution is 2.43. The van der Waals surface area contributed by atoms with E-state index in [9.17, 15) is 9.50 Å². The molecular formula is C10H12Br2FNO2. The summed E-state index contributed by atoms with van der Waals surface area (Å²) >= 11 is 6.51. The van der Waals surface area contributed by atoms with E-state index in [0.29, 0.717) is 20.3 Å². The fraction of sp³-hybridized carbons (Fsp3) is 0.400. The Kier molecular flexibility index (Phi) is 5.01. The zero-order valence-corrected chi connectivity index (χ0v) is 11.8. The Morgan fingerprint density at radius 3 is 2.62 bits per heavy atom. The van der Waals surface area contributed by atoms with E-state index >= 15 is 0 Å². The number of benzene rings is 1. The van der Waals surface area contributed by atoms with Crippen molar-refractivity contribution in [3.63, 3.8) is 0 Å². The summed E-state index contributed by atoms with van der Waals surface area (Å²) in [6, 6.07) is 1.16. The summed E-state index contributed by atoms with van der Waals surface area (Å²) in [6.07, 6.45) is 0.221. The lowest BCUT2D eigenvalue weighted by Crippen LogP contribution is -2.12. The van der Waals surface area contributed by atoms with Gasteiger partial charge in [-0.15, -0.1) is 0 Å². The van der Waals surface area contributed by atoms with Gasteiger partial charge in [0.15, 0.2) is 11.5 Å². The molecule has 3 nitrogen and oxygen atoms in total. The first-order valence-electron chi connectivity index (χ1n) is 4.59. The number of aromatic hydroxyl groups is 1. The Labute approximate surface area is 110 Å². The fourth-order valence-electron chi connectivity index (χ4n) is 1.31. The monoisotopic (exact) mass is 355 g/mol. The third-order valence-electron chi connectivity index (χ3n) is 2.21. The highest BCUT2D eigenvalue weighted by molar-refractivity contribution is 9.13. The van der Waals surface area contributed by atoms with Gasteiger partial charge in [0.2, 0.25) is 0 Å². The number of ether oxygens (including phenoxy) is 1. The van der Waals surface area contributed by atoms with Gasteiger partial charge in [-0.2, -0.15) is 0 Å². The molecule has 0 saturated carbocycles. The molecule has 90 valence electrons. The molecule has 0 unspecified atom stereocenters. The topological polar surface area (TPSA) is 55.5 Å². The van der Waals surface area contributed by atoms with Gasteiger partial charge >= 0.3 is 0 Å². The van der Waals surface area contributed by atoms with Crippen molar-refractivity contribution in [1.29, 1.82) is 0 Å². The summed E-state index contributed by atoms with van der Waals surface area (Å²) < 4.78 is 18.3. The van der Waals surface area contributed by atoms with Gasteiger partial charge in [0, 0.05) is 10.5 Å². The molecule has 0 aliphatic rings. The van der Waals surface area contributed by atoms with Crippen LogP contribution in [0.2, 0.25) is 0 Å². The molecule has 1 rings (SSSR count). The molecule has 1 aromatic carbocycles. The lowest BCUT2D eigenvalue weighted by atomic mass is 10.0. The van der Waals surface area contributed by atoms with Crippen LogP contribution < -0.4 is 10.5 Å². The van der Waals surface area contributed by atoms with E-state index < -0.39 is 12.7 Å². The van der Waals surface area contributed by atoms with Crippen LogP contribution in [0.25, 0.3) is 0 Å². The van der Waals surface area contributed by atoms with Crippen LogP contribution in [0.5, 0.6) is 11.5 Å². The minimum Gasteiger partial charge on any atom is -0.503 e. The summed E-state index contributed by atoms with van der Waals surface area (Å²) in [7, 11) is 1.44. The van der Waals surface area contributed by atoms with Crippen LogP contribution in [-0.2, 0) is 0 Å². The Hall–Kier alpha value is -0.330. The predicted octanol–water partition coefficient (Wildman–Crippen LogP) is 3.29. The van der Waals surface area contributed by atoms with E-state index in [4.69, 9.17) is 10.5 Å². The van der Waals surface area contributed by atoms with Crippen molar-refractivity contribution >= 4 is 31.9 Å². The third-order valence-corrected chi connectivity index (χ3v) is 4.37. The fourth-order valence-corrected chi connectivity index (χ4v) is 2.33. The van der Waals surface area contributed by atoms with Gasteiger partial charge in [-0.05, 0) is 49.9 Å². The van der Waals surface area contributed by atoms with Crippen molar-refractivity contribution in [1.82, 2.24) is 0 Å². The van der Waals surface area contributed by atoms with Gasteiger partial charge in [-0.3, -0.25) is 4.39 Å². The molecule has 0 heterocycles. The molecule has 1 atom stereocenters. The van der Waals surface area contributed by atoms with Crippen molar-refractivity contribution < 1.29 is 14.2 Å². The number of rotatable bonds is 4. The average Bonchev–Trinajstić information content (AvgIpc) is 2.27. The molecule has 0 spiro atoms. The molecule has 16 heavy (non-hydrogen) atoms. The molecule has 0 amide bonds. The molecule has 6 heteroatoms. The number of phenolic OH excluding ortho intramolecular Hbond substituents is 1. The van der Waals surface area contributed by atoms with Crippen LogP contribution in [-0.4, -0.2) is 18.9 Å². The van der Waals surface area contributed by atoms with E-state index in [-0.39, 0.29) is 12.2 Å².